The maximum atomic E-state index is 12.2. The highest BCUT2D eigenvalue weighted by Crippen LogP contribution is 2.39. The molecule has 172 valence electrons. The number of nitrogens with zero attached hydrogens (tertiary/aromatic N) is 3. The Morgan fingerprint density at radius 1 is 1.16 bits per heavy atom. The van der Waals surface area contributed by atoms with Crippen molar-refractivity contribution >= 4 is 5.91 Å². The van der Waals surface area contributed by atoms with E-state index in [1.165, 1.54) is 5.69 Å². The van der Waals surface area contributed by atoms with Gasteiger partial charge in [0.1, 0.15) is 5.82 Å². The summed E-state index contributed by atoms with van der Waals surface area (Å²) in [5.41, 5.74) is 3.43. The van der Waals surface area contributed by atoms with Gasteiger partial charge in [0.2, 0.25) is 5.91 Å². The van der Waals surface area contributed by atoms with E-state index < -0.39 is 0 Å². The summed E-state index contributed by atoms with van der Waals surface area (Å²) in [7, 11) is 0. The van der Waals surface area contributed by atoms with Gasteiger partial charge in [0.15, 0.2) is 0 Å². The molecule has 32 heavy (non-hydrogen) atoms. The molecule has 0 unspecified atom stereocenters. The zero-order valence-electron chi connectivity index (χ0n) is 19.4. The predicted octanol–water partition coefficient (Wildman–Crippen LogP) is 5.01. The van der Waals surface area contributed by atoms with Gasteiger partial charge in [0, 0.05) is 55.6 Å². The minimum absolute atomic E-state index is 0.167. The Morgan fingerprint density at radius 3 is 2.62 bits per heavy atom. The van der Waals surface area contributed by atoms with Gasteiger partial charge in [0.25, 0.3) is 0 Å². The molecular weight excluding hydrogens is 400 g/mol. The fraction of sp³-hybridized carbons (Fsp3) is 0.615. The van der Waals surface area contributed by atoms with E-state index in [1.54, 1.807) is 0 Å². The predicted molar refractivity (Wildman–Crippen MR) is 125 cm³/mol. The number of ether oxygens (including phenoxy) is 1. The van der Waals surface area contributed by atoms with E-state index in [9.17, 15) is 4.79 Å². The van der Waals surface area contributed by atoms with Gasteiger partial charge in [-0.05, 0) is 68.6 Å². The molecule has 4 rings (SSSR count). The number of aromatic nitrogens is 3. The van der Waals surface area contributed by atoms with Gasteiger partial charge in [-0.15, -0.1) is 0 Å². The summed E-state index contributed by atoms with van der Waals surface area (Å²) in [6, 6.07) is 4.07. The second-order valence-corrected chi connectivity index (χ2v) is 9.61. The molecule has 1 atom stereocenters. The molecule has 1 amide bonds. The molecule has 0 spiro atoms. The second-order valence-electron chi connectivity index (χ2n) is 9.61. The lowest BCUT2D eigenvalue weighted by Crippen LogP contribution is -2.31. The van der Waals surface area contributed by atoms with Crippen molar-refractivity contribution in [3.63, 3.8) is 0 Å². The van der Waals surface area contributed by atoms with Gasteiger partial charge >= 0.3 is 0 Å². The monoisotopic (exact) mass is 436 g/mol. The van der Waals surface area contributed by atoms with Crippen molar-refractivity contribution in [1.82, 2.24) is 20.3 Å². The van der Waals surface area contributed by atoms with Gasteiger partial charge < -0.3 is 10.1 Å². The van der Waals surface area contributed by atoms with Gasteiger partial charge in [-0.25, -0.2) is 9.97 Å². The minimum atomic E-state index is 0.167. The quantitative estimate of drug-likeness (QED) is 0.629. The van der Waals surface area contributed by atoms with E-state index in [1.807, 2.05) is 30.7 Å². The Kier molecular flexibility index (Phi) is 7.85. The Labute approximate surface area is 191 Å². The molecule has 1 aliphatic carbocycles. The van der Waals surface area contributed by atoms with Crippen molar-refractivity contribution in [2.24, 2.45) is 5.92 Å². The highest BCUT2D eigenvalue weighted by Gasteiger charge is 2.27. The first-order valence-corrected chi connectivity index (χ1v) is 12.3. The molecule has 2 fully saturated rings. The maximum absolute atomic E-state index is 12.2. The summed E-state index contributed by atoms with van der Waals surface area (Å²) in [5.74, 6) is 2.37. The highest BCUT2D eigenvalue weighted by atomic mass is 16.5. The van der Waals surface area contributed by atoms with Gasteiger partial charge in [-0.2, -0.15) is 0 Å². The summed E-state index contributed by atoms with van der Waals surface area (Å²) >= 11 is 0. The number of carbonyl (C=O) groups is 1. The molecule has 1 saturated carbocycles. The molecular formula is C26H36N4O2. The molecule has 2 aliphatic rings. The van der Waals surface area contributed by atoms with Crippen LogP contribution in [0.25, 0.3) is 11.1 Å². The average Bonchev–Trinajstić information content (AvgIpc) is 3.36. The number of hydrogen-bond donors (Lipinski definition) is 1. The SMILES string of the molecule is CC(C)c1ncc(-c2ccncc2)c(C2CCC(CNC(=O)CC[C@H]3CCCO3)CC2)n1. The van der Waals surface area contributed by atoms with E-state index in [2.05, 4.69) is 29.1 Å². The summed E-state index contributed by atoms with van der Waals surface area (Å²) in [6.45, 7) is 5.92. The normalized spacial score (nSPS) is 23.4. The first-order valence-electron chi connectivity index (χ1n) is 12.3. The van der Waals surface area contributed by atoms with E-state index >= 15 is 0 Å². The molecule has 2 aromatic heterocycles. The summed E-state index contributed by atoms with van der Waals surface area (Å²) in [6.07, 6.45) is 14.0. The van der Waals surface area contributed by atoms with Crippen LogP contribution in [-0.2, 0) is 9.53 Å². The molecule has 0 aromatic carbocycles. The molecule has 0 bridgehead atoms. The van der Waals surface area contributed by atoms with Gasteiger partial charge in [-0.1, -0.05) is 13.8 Å². The van der Waals surface area contributed by atoms with E-state index in [0.717, 1.165) is 75.0 Å². The first kappa shape index (κ1) is 22.8. The van der Waals surface area contributed by atoms with Crippen LogP contribution in [0.5, 0.6) is 0 Å². The van der Waals surface area contributed by atoms with Crippen LogP contribution in [0.3, 0.4) is 0 Å². The summed E-state index contributed by atoms with van der Waals surface area (Å²) in [5, 5.41) is 3.17. The summed E-state index contributed by atoms with van der Waals surface area (Å²) < 4.78 is 5.62. The fourth-order valence-corrected chi connectivity index (χ4v) is 4.90. The van der Waals surface area contributed by atoms with Crippen LogP contribution in [0.2, 0.25) is 0 Å². The van der Waals surface area contributed by atoms with Crippen molar-refractivity contribution in [2.45, 2.75) is 83.2 Å². The van der Waals surface area contributed by atoms with Crippen LogP contribution in [0.1, 0.15) is 88.6 Å². The van der Waals surface area contributed by atoms with Crippen LogP contribution < -0.4 is 5.32 Å². The molecule has 2 aromatic rings. The van der Waals surface area contributed by atoms with Crippen molar-refractivity contribution in [2.75, 3.05) is 13.2 Å². The zero-order chi connectivity index (χ0) is 22.3. The fourth-order valence-electron chi connectivity index (χ4n) is 4.90. The average molecular weight is 437 g/mol. The molecule has 1 aliphatic heterocycles. The standard InChI is InChI=1S/C26H36N4O2/c1-18(2)26-29-17-23(20-11-13-27-14-12-20)25(30-26)21-7-5-19(6-8-21)16-28-24(31)10-9-22-4-3-15-32-22/h11-14,17-19,21-22H,3-10,15-16H2,1-2H3,(H,28,31)/t19?,21?,22-/m1/s1. The number of hydrogen-bond acceptors (Lipinski definition) is 5. The van der Waals surface area contributed by atoms with Gasteiger partial charge in [0.05, 0.1) is 11.8 Å². The minimum Gasteiger partial charge on any atom is -0.378 e. The van der Waals surface area contributed by atoms with Crippen molar-refractivity contribution < 1.29 is 9.53 Å². The third-order valence-corrected chi connectivity index (χ3v) is 6.88. The van der Waals surface area contributed by atoms with E-state index in [0.29, 0.717) is 24.2 Å². The van der Waals surface area contributed by atoms with Crippen molar-refractivity contribution in [3.8, 4) is 11.1 Å². The van der Waals surface area contributed by atoms with Gasteiger partial charge in [-0.3, -0.25) is 9.78 Å². The topological polar surface area (TPSA) is 77.0 Å². The third-order valence-electron chi connectivity index (χ3n) is 6.88. The lowest BCUT2D eigenvalue weighted by atomic mass is 9.79. The number of amides is 1. The maximum Gasteiger partial charge on any atom is 0.220 e. The largest absolute Gasteiger partial charge is 0.378 e. The van der Waals surface area contributed by atoms with Crippen LogP contribution in [-0.4, -0.2) is 40.1 Å². The number of nitrogens with one attached hydrogen (secondary N) is 1. The van der Waals surface area contributed by atoms with Crippen LogP contribution in [0, 0.1) is 5.92 Å². The first-order chi connectivity index (χ1) is 15.6. The second kappa shape index (κ2) is 11.0. The molecule has 6 heteroatoms. The molecule has 0 radical (unpaired) electrons. The lowest BCUT2D eigenvalue weighted by Gasteiger charge is -2.29. The van der Waals surface area contributed by atoms with Crippen molar-refractivity contribution in [3.05, 3.63) is 42.2 Å². The Morgan fingerprint density at radius 2 is 1.94 bits per heavy atom. The number of carbonyl (C=O) groups excluding carboxylic acids is 1. The molecule has 6 nitrogen and oxygen atoms in total. The van der Waals surface area contributed by atoms with E-state index in [4.69, 9.17) is 9.72 Å². The van der Waals surface area contributed by atoms with E-state index in [-0.39, 0.29) is 12.0 Å². The van der Waals surface area contributed by atoms with Crippen LogP contribution in [0.4, 0.5) is 0 Å². The molecule has 1 saturated heterocycles. The number of pyridine rings is 1. The zero-order valence-corrected chi connectivity index (χ0v) is 19.4. The highest BCUT2D eigenvalue weighted by molar-refractivity contribution is 5.75. The third kappa shape index (κ3) is 5.91. The Hall–Kier alpha value is -2.34. The van der Waals surface area contributed by atoms with Crippen LogP contribution in [0.15, 0.2) is 30.7 Å². The molecule has 1 N–H and O–H groups in total. The Balaban J connectivity index is 1.33. The number of rotatable bonds is 8. The lowest BCUT2D eigenvalue weighted by molar-refractivity contribution is -0.121. The Bertz CT molecular complexity index is 873. The summed E-state index contributed by atoms with van der Waals surface area (Å²) in [4.78, 5) is 26.1. The van der Waals surface area contributed by atoms with Crippen molar-refractivity contribution in [1.29, 1.82) is 0 Å². The van der Waals surface area contributed by atoms with Crippen LogP contribution >= 0.6 is 0 Å². The molecule has 3 heterocycles. The smallest absolute Gasteiger partial charge is 0.220 e.